The van der Waals surface area contributed by atoms with Crippen molar-refractivity contribution >= 4 is 19.4 Å². The second-order valence-corrected chi connectivity index (χ2v) is 7.90. The van der Waals surface area contributed by atoms with Crippen molar-refractivity contribution in [3.05, 3.63) is 30.3 Å². The van der Waals surface area contributed by atoms with E-state index in [0.717, 1.165) is 16.7 Å². The summed E-state index contributed by atoms with van der Waals surface area (Å²) in [6.45, 7) is 0. The summed E-state index contributed by atoms with van der Waals surface area (Å²) in [4.78, 5) is 0.822. The molecule has 3 saturated carbocycles. The molecule has 92 valence electrons. The second kappa shape index (κ2) is 5.14. The molecule has 0 heterocycles. The van der Waals surface area contributed by atoms with Gasteiger partial charge < -0.3 is 0 Å². The number of methoxy groups -OCH3 is 1. The Kier molecular flexibility index (Phi) is 3.56. The van der Waals surface area contributed by atoms with Gasteiger partial charge in [-0.05, 0) is 0 Å². The second-order valence-electron chi connectivity index (χ2n) is 5.27. The van der Waals surface area contributed by atoms with E-state index in [1.165, 1.54) is 25.7 Å². The van der Waals surface area contributed by atoms with Gasteiger partial charge in [0.25, 0.3) is 0 Å². The van der Waals surface area contributed by atoms with Crippen LogP contribution in [-0.4, -0.2) is 28.2 Å². The van der Waals surface area contributed by atoms with Gasteiger partial charge >= 0.3 is 110 Å². The van der Waals surface area contributed by atoms with Crippen molar-refractivity contribution in [2.75, 3.05) is 7.11 Å². The number of benzene rings is 1. The molecule has 17 heavy (non-hydrogen) atoms. The fourth-order valence-corrected chi connectivity index (χ4v) is 6.76. The Morgan fingerprint density at radius 2 is 1.65 bits per heavy atom. The van der Waals surface area contributed by atoms with Crippen molar-refractivity contribution < 1.29 is 4.74 Å². The minimum atomic E-state index is 0.544. The summed E-state index contributed by atoms with van der Waals surface area (Å²) in [7, 11) is 1.92. The first-order valence-electron chi connectivity index (χ1n) is 6.63. The maximum absolute atomic E-state index is 5.83. The van der Waals surface area contributed by atoms with Gasteiger partial charge in [-0.1, -0.05) is 0 Å². The minimum absolute atomic E-state index is 0.544. The van der Waals surface area contributed by atoms with Crippen LogP contribution in [0.4, 0.5) is 0 Å². The molecular formula is C15H20OSe. The van der Waals surface area contributed by atoms with Crippen LogP contribution in [0, 0.1) is 11.8 Å². The molecule has 2 heteroatoms. The van der Waals surface area contributed by atoms with E-state index in [1.54, 1.807) is 4.46 Å². The summed E-state index contributed by atoms with van der Waals surface area (Å²) in [5.41, 5.74) is 0. The predicted molar refractivity (Wildman–Crippen MR) is 71.8 cm³/mol. The molecule has 0 unspecified atom stereocenters. The Balaban J connectivity index is 1.77. The molecule has 0 radical (unpaired) electrons. The Bertz CT molecular complexity index is 356. The van der Waals surface area contributed by atoms with Gasteiger partial charge in [-0.3, -0.25) is 0 Å². The first kappa shape index (κ1) is 11.8. The van der Waals surface area contributed by atoms with Crippen LogP contribution >= 0.6 is 0 Å². The summed E-state index contributed by atoms with van der Waals surface area (Å²) >= 11 is 0.589. The molecule has 0 saturated heterocycles. The monoisotopic (exact) mass is 296 g/mol. The standard InChI is InChI=1S/C15H20OSe/c1-16-14-11-7-9-12(10-8-11)15(14)17-13-5-3-2-4-6-13/h2-6,11-12,14-15H,7-10H2,1H3/t11?,12?,14-,15-/m1/s1. The number of fused-ring (bicyclic) bond motifs is 3. The van der Waals surface area contributed by atoms with Crippen LogP contribution in [-0.2, 0) is 4.74 Å². The van der Waals surface area contributed by atoms with Crippen molar-refractivity contribution in [3.63, 3.8) is 0 Å². The molecule has 0 aliphatic heterocycles. The average Bonchev–Trinajstić information content (AvgIpc) is 2.41. The number of rotatable bonds is 3. The van der Waals surface area contributed by atoms with Gasteiger partial charge in [0.2, 0.25) is 0 Å². The van der Waals surface area contributed by atoms with Crippen LogP contribution in [0.1, 0.15) is 25.7 Å². The molecular weight excluding hydrogens is 275 g/mol. The first-order valence-corrected chi connectivity index (χ1v) is 8.47. The van der Waals surface area contributed by atoms with Crippen molar-refractivity contribution in [2.24, 2.45) is 11.8 Å². The van der Waals surface area contributed by atoms with Gasteiger partial charge in [0, 0.05) is 0 Å². The van der Waals surface area contributed by atoms with Crippen LogP contribution in [0.5, 0.6) is 0 Å². The molecule has 1 aromatic rings. The normalized spacial score (nSPS) is 36.1. The molecule has 3 fully saturated rings. The van der Waals surface area contributed by atoms with Gasteiger partial charge in [-0.2, -0.15) is 0 Å². The van der Waals surface area contributed by atoms with E-state index in [0.29, 0.717) is 21.1 Å². The topological polar surface area (TPSA) is 9.23 Å². The molecule has 3 aliphatic carbocycles. The summed E-state index contributed by atoms with van der Waals surface area (Å²) in [6.07, 6.45) is 6.26. The maximum atomic E-state index is 5.83. The van der Waals surface area contributed by atoms with Gasteiger partial charge in [0.15, 0.2) is 0 Å². The SMILES string of the molecule is CO[C@@H]1C2CCC(CC2)[C@H]1[Se]c1ccccc1. The van der Waals surface area contributed by atoms with E-state index in [9.17, 15) is 0 Å². The number of hydrogen-bond acceptors (Lipinski definition) is 1. The van der Waals surface area contributed by atoms with E-state index in [4.69, 9.17) is 4.74 Å². The van der Waals surface area contributed by atoms with E-state index in [-0.39, 0.29) is 0 Å². The third-order valence-electron chi connectivity index (χ3n) is 4.36. The molecule has 2 bridgehead atoms. The van der Waals surface area contributed by atoms with Crippen LogP contribution in [0.25, 0.3) is 0 Å². The molecule has 2 atom stereocenters. The van der Waals surface area contributed by atoms with Crippen LogP contribution in [0.3, 0.4) is 0 Å². The molecule has 1 aromatic carbocycles. The van der Waals surface area contributed by atoms with E-state index in [1.807, 2.05) is 7.11 Å². The fraction of sp³-hybridized carbons (Fsp3) is 0.600. The Hall–Kier alpha value is -0.301. The van der Waals surface area contributed by atoms with Crippen LogP contribution < -0.4 is 4.46 Å². The third kappa shape index (κ3) is 2.31. The summed E-state index contributed by atoms with van der Waals surface area (Å²) in [5, 5.41) is 0. The van der Waals surface area contributed by atoms with Crippen molar-refractivity contribution in [3.8, 4) is 0 Å². The zero-order chi connectivity index (χ0) is 11.7. The molecule has 0 spiro atoms. The molecule has 0 N–H and O–H groups in total. The summed E-state index contributed by atoms with van der Waals surface area (Å²) in [5.74, 6) is 1.78. The molecule has 4 rings (SSSR count). The fourth-order valence-electron chi connectivity index (χ4n) is 3.48. The average molecular weight is 295 g/mol. The van der Waals surface area contributed by atoms with Gasteiger partial charge in [0.05, 0.1) is 0 Å². The Morgan fingerprint density at radius 3 is 2.29 bits per heavy atom. The quantitative estimate of drug-likeness (QED) is 0.779. The van der Waals surface area contributed by atoms with Crippen molar-refractivity contribution in [1.29, 1.82) is 0 Å². The molecule has 1 nitrogen and oxygen atoms in total. The molecule has 0 amide bonds. The summed E-state index contributed by atoms with van der Waals surface area (Å²) < 4.78 is 7.37. The number of hydrogen-bond donors (Lipinski definition) is 0. The van der Waals surface area contributed by atoms with E-state index in [2.05, 4.69) is 30.3 Å². The predicted octanol–water partition coefficient (Wildman–Crippen LogP) is 2.64. The third-order valence-corrected chi connectivity index (χ3v) is 7.44. The zero-order valence-electron chi connectivity index (χ0n) is 10.3. The van der Waals surface area contributed by atoms with Crippen molar-refractivity contribution in [2.45, 2.75) is 36.6 Å². The van der Waals surface area contributed by atoms with Crippen LogP contribution in [0.15, 0.2) is 30.3 Å². The first-order chi connectivity index (χ1) is 8.38. The van der Waals surface area contributed by atoms with Crippen molar-refractivity contribution in [1.82, 2.24) is 0 Å². The Morgan fingerprint density at radius 1 is 1.00 bits per heavy atom. The number of ether oxygens (including phenoxy) is 1. The van der Waals surface area contributed by atoms with Gasteiger partial charge in [-0.25, -0.2) is 0 Å². The van der Waals surface area contributed by atoms with Gasteiger partial charge in [0.1, 0.15) is 0 Å². The zero-order valence-corrected chi connectivity index (χ0v) is 12.1. The van der Waals surface area contributed by atoms with Gasteiger partial charge in [-0.15, -0.1) is 0 Å². The van der Waals surface area contributed by atoms with Crippen LogP contribution in [0.2, 0.25) is 4.82 Å². The van der Waals surface area contributed by atoms with E-state index < -0.39 is 0 Å². The molecule has 3 aliphatic rings. The van der Waals surface area contributed by atoms with E-state index >= 15 is 0 Å². The summed E-state index contributed by atoms with van der Waals surface area (Å²) in [6, 6.07) is 11.0. The Labute approximate surface area is 110 Å². The molecule has 0 aromatic heterocycles.